The molecule has 0 saturated carbocycles. The van der Waals surface area contributed by atoms with E-state index in [4.69, 9.17) is 9.47 Å². The summed E-state index contributed by atoms with van der Waals surface area (Å²) in [5, 5.41) is 13.1. The van der Waals surface area contributed by atoms with Crippen molar-refractivity contribution in [2.75, 3.05) is 14.2 Å². The zero-order valence-electron chi connectivity index (χ0n) is 18.4. The van der Waals surface area contributed by atoms with Gasteiger partial charge in [0, 0.05) is 11.1 Å². The zero-order chi connectivity index (χ0) is 23.5. The van der Waals surface area contributed by atoms with Crippen LogP contribution in [0.3, 0.4) is 0 Å². The van der Waals surface area contributed by atoms with Gasteiger partial charge in [-0.25, -0.2) is 4.39 Å². The normalized spacial score (nSPS) is 13.9. The van der Waals surface area contributed by atoms with Crippen LogP contribution in [0.15, 0.2) is 47.6 Å². The number of aromatic nitrogens is 1. The summed E-state index contributed by atoms with van der Waals surface area (Å²) in [6.07, 6.45) is 3.76. The van der Waals surface area contributed by atoms with Crippen LogP contribution in [0.2, 0.25) is 0 Å². The average Bonchev–Trinajstić information content (AvgIpc) is 3.41. The molecule has 1 aliphatic carbocycles. The molecule has 0 atom stereocenters. The van der Waals surface area contributed by atoms with Crippen LogP contribution in [-0.4, -0.2) is 30.2 Å². The fraction of sp³-hybridized carbons (Fsp3) is 0.200. The highest BCUT2D eigenvalue weighted by Gasteiger charge is 2.26. The van der Waals surface area contributed by atoms with Crippen LogP contribution in [0.25, 0.3) is 17.2 Å². The van der Waals surface area contributed by atoms with Gasteiger partial charge in [-0.3, -0.25) is 9.78 Å². The molecular weight excluding hydrogens is 443 g/mol. The number of nitrogens with one attached hydrogen (secondary N) is 1. The number of rotatable bonds is 7. The third-order valence-corrected chi connectivity index (χ3v) is 6.33. The van der Waals surface area contributed by atoms with Crippen LogP contribution < -0.4 is 14.8 Å². The quantitative estimate of drug-likeness (QED) is 0.510. The Morgan fingerprint density at radius 3 is 2.55 bits per heavy atom. The van der Waals surface area contributed by atoms with E-state index < -0.39 is 0 Å². The minimum Gasteiger partial charge on any atom is -0.502 e. The van der Waals surface area contributed by atoms with Gasteiger partial charge in [-0.05, 0) is 70.7 Å². The zero-order valence-corrected chi connectivity index (χ0v) is 19.3. The Bertz CT molecular complexity index is 1240. The molecule has 1 heterocycles. The summed E-state index contributed by atoms with van der Waals surface area (Å²) in [5.74, 6) is -0.0345. The first-order valence-corrected chi connectivity index (χ1v) is 11.1. The highest BCUT2D eigenvalue weighted by molar-refractivity contribution is 7.09. The van der Waals surface area contributed by atoms with Crippen molar-refractivity contribution in [3.8, 4) is 17.2 Å². The second kappa shape index (κ2) is 9.46. The number of benzene rings is 2. The first kappa shape index (κ1) is 22.5. The largest absolute Gasteiger partial charge is 0.502 e. The standard InChI is InChI=1S/C25H23FN2O4S/c1-14-19(6-15-7-22(31-2)25(30)23(8-15)32-3)18-5-4-16(26)9-21(18)20(14)10-24(29)28-12-17-11-27-13-33-17/h4-9,11,13,30H,10,12H2,1-3H3,(H,28,29)/b19-6-. The third-order valence-electron chi connectivity index (χ3n) is 5.55. The molecular formula is C25H23FN2O4S. The molecule has 0 spiro atoms. The number of ether oxygens (including phenoxy) is 2. The number of fused-ring (bicyclic) bond motifs is 1. The van der Waals surface area contributed by atoms with Gasteiger partial charge in [-0.15, -0.1) is 11.3 Å². The number of allylic oxidation sites excluding steroid dienone is 2. The van der Waals surface area contributed by atoms with Crippen molar-refractivity contribution >= 4 is 34.5 Å². The van der Waals surface area contributed by atoms with Crippen LogP contribution in [0, 0.1) is 5.82 Å². The number of carbonyl (C=O) groups excluding carboxylic acids is 1. The maximum absolute atomic E-state index is 14.1. The number of hydrogen-bond acceptors (Lipinski definition) is 6. The Hall–Kier alpha value is -3.65. The molecule has 8 heteroatoms. The topological polar surface area (TPSA) is 80.7 Å². The molecule has 0 aliphatic heterocycles. The summed E-state index contributed by atoms with van der Waals surface area (Å²) in [5.41, 5.74) is 6.51. The summed E-state index contributed by atoms with van der Waals surface area (Å²) in [4.78, 5) is 17.6. The minimum absolute atomic E-state index is 0.0818. The highest BCUT2D eigenvalue weighted by Crippen LogP contribution is 2.45. The van der Waals surface area contributed by atoms with Crippen molar-refractivity contribution in [3.63, 3.8) is 0 Å². The number of nitrogens with zero attached hydrogens (tertiary/aromatic N) is 1. The van der Waals surface area contributed by atoms with E-state index in [1.54, 1.807) is 29.9 Å². The number of thiazole rings is 1. The van der Waals surface area contributed by atoms with Gasteiger partial charge in [0.05, 0.1) is 32.7 Å². The van der Waals surface area contributed by atoms with E-state index in [0.29, 0.717) is 12.1 Å². The summed E-state index contributed by atoms with van der Waals surface area (Å²) < 4.78 is 24.6. The van der Waals surface area contributed by atoms with Gasteiger partial charge >= 0.3 is 0 Å². The van der Waals surface area contributed by atoms with Crippen molar-refractivity contribution in [1.29, 1.82) is 0 Å². The van der Waals surface area contributed by atoms with Crippen LogP contribution >= 0.6 is 11.3 Å². The lowest BCUT2D eigenvalue weighted by atomic mass is 10.00. The number of aromatic hydroxyl groups is 1. The summed E-state index contributed by atoms with van der Waals surface area (Å²) in [6.45, 7) is 2.33. The highest BCUT2D eigenvalue weighted by atomic mass is 32.1. The van der Waals surface area contributed by atoms with Gasteiger partial charge in [-0.1, -0.05) is 6.07 Å². The number of methoxy groups -OCH3 is 2. The molecule has 3 aromatic rings. The van der Waals surface area contributed by atoms with Gasteiger partial charge in [0.25, 0.3) is 0 Å². The molecule has 1 aromatic heterocycles. The Balaban J connectivity index is 1.70. The second-order valence-corrected chi connectivity index (χ2v) is 8.52. The number of hydrogen-bond donors (Lipinski definition) is 2. The average molecular weight is 467 g/mol. The minimum atomic E-state index is -0.363. The molecule has 0 saturated heterocycles. The van der Waals surface area contributed by atoms with Crippen molar-refractivity contribution in [2.45, 2.75) is 19.9 Å². The van der Waals surface area contributed by atoms with E-state index >= 15 is 0 Å². The molecule has 0 unspecified atom stereocenters. The lowest BCUT2D eigenvalue weighted by molar-refractivity contribution is -0.120. The van der Waals surface area contributed by atoms with Gasteiger partial charge < -0.3 is 19.9 Å². The van der Waals surface area contributed by atoms with Crippen LogP contribution in [0.4, 0.5) is 4.39 Å². The predicted octanol–water partition coefficient (Wildman–Crippen LogP) is 5.04. The van der Waals surface area contributed by atoms with Gasteiger partial charge in [0.15, 0.2) is 11.5 Å². The molecule has 0 bridgehead atoms. The molecule has 1 amide bonds. The predicted molar refractivity (Wildman–Crippen MR) is 127 cm³/mol. The van der Waals surface area contributed by atoms with E-state index in [9.17, 15) is 14.3 Å². The summed E-state index contributed by atoms with van der Waals surface area (Å²) >= 11 is 1.47. The van der Waals surface area contributed by atoms with Crippen LogP contribution in [0.5, 0.6) is 17.2 Å². The number of carbonyl (C=O) groups is 1. The SMILES string of the molecule is COc1cc(/C=C2/C(C)=C(CC(=O)NCc3cncs3)c3cc(F)ccc32)cc(OC)c1O. The lowest BCUT2D eigenvalue weighted by Crippen LogP contribution is -2.22. The maximum atomic E-state index is 14.1. The first-order chi connectivity index (χ1) is 15.9. The fourth-order valence-corrected chi connectivity index (χ4v) is 4.42. The molecule has 0 radical (unpaired) electrons. The molecule has 4 rings (SSSR count). The van der Waals surface area contributed by atoms with Crippen LogP contribution in [-0.2, 0) is 11.3 Å². The van der Waals surface area contributed by atoms with Gasteiger partial charge in [0.1, 0.15) is 5.82 Å². The molecule has 0 fully saturated rings. The number of halogens is 1. The van der Waals surface area contributed by atoms with Gasteiger partial charge in [0.2, 0.25) is 11.7 Å². The third kappa shape index (κ3) is 4.61. The lowest BCUT2D eigenvalue weighted by Gasteiger charge is -2.11. The van der Waals surface area contributed by atoms with Crippen LogP contribution in [0.1, 0.15) is 34.9 Å². The molecule has 170 valence electrons. The van der Waals surface area contributed by atoms with Crippen molar-refractivity contribution in [3.05, 3.63) is 75.0 Å². The summed E-state index contributed by atoms with van der Waals surface area (Å²) in [7, 11) is 2.93. The Morgan fingerprint density at radius 2 is 1.91 bits per heavy atom. The van der Waals surface area contributed by atoms with E-state index in [1.807, 2.05) is 13.0 Å². The summed E-state index contributed by atoms with van der Waals surface area (Å²) in [6, 6.07) is 7.98. The smallest absolute Gasteiger partial charge is 0.224 e. The Kier molecular flexibility index (Phi) is 6.46. The number of amides is 1. The van der Waals surface area contributed by atoms with Gasteiger partial charge in [-0.2, -0.15) is 0 Å². The molecule has 33 heavy (non-hydrogen) atoms. The molecule has 1 aliphatic rings. The fourth-order valence-electron chi connectivity index (χ4n) is 3.88. The Labute approximate surface area is 195 Å². The monoisotopic (exact) mass is 466 g/mol. The van der Waals surface area contributed by atoms with E-state index in [0.717, 1.165) is 32.7 Å². The number of phenols is 1. The van der Waals surface area contributed by atoms with E-state index in [-0.39, 0.29) is 35.4 Å². The Morgan fingerprint density at radius 1 is 1.18 bits per heavy atom. The molecule has 6 nitrogen and oxygen atoms in total. The first-order valence-electron chi connectivity index (χ1n) is 10.2. The molecule has 2 N–H and O–H groups in total. The van der Waals surface area contributed by atoms with E-state index in [1.165, 1.54) is 37.7 Å². The van der Waals surface area contributed by atoms with Crippen molar-refractivity contribution in [2.24, 2.45) is 0 Å². The molecule has 2 aromatic carbocycles. The maximum Gasteiger partial charge on any atom is 0.224 e. The van der Waals surface area contributed by atoms with E-state index in [2.05, 4.69) is 10.3 Å². The van der Waals surface area contributed by atoms with Crippen molar-refractivity contribution in [1.82, 2.24) is 10.3 Å². The second-order valence-electron chi connectivity index (χ2n) is 7.55. The van der Waals surface area contributed by atoms with Crippen molar-refractivity contribution < 1.29 is 23.8 Å². The number of phenolic OH excluding ortho intramolecular Hbond substituents is 1.